The second-order valence-corrected chi connectivity index (χ2v) is 7.62. The number of nitrogens with one attached hydrogen (secondary N) is 2. The van der Waals surface area contributed by atoms with Crippen LogP contribution in [-0.2, 0) is 4.79 Å². The maximum Gasteiger partial charge on any atom is 0.275 e. The molecular weight excluding hydrogens is 389 g/mol. The molecule has 5 rings (SSSR count). The highest BCUT2D eigenvalue weighted by atomic mass is 19.1. The Morgan fingerprint density at radius 1 is 1.13 bits per heavy atom. The fourth-order valence-corrected chi connectivity index (χ4v) is 3.81. The van der Waals surface area contributed by atoms with Gasteiger partial charge in [0.15, 0.2) is 5.65 Å². The van der Waals surface area contributed by atoms with Gasteiger partial charge in [0.05, 0.1) is 18.4 Å². The van der Waals surface area contributed by atoms with Crippen molar-refractivity contribution in [3.8, 4) is 0 Å². The van der Waals surface area contributed by atoms with Crippen molar-refractivity contribution in [2.75, 3.05) is 11.4 Å². The number of amides is 2. The lowest BCUT2D eigenvalue weighted by molar-refractivity contribution is -0.123. The molecule has 3 aromatic heterocycles. The minimum Gasteiger partial charge on any atom is -0.349 e. The summed E-state index contributed by atoms with van der Waals surface area (Å²) < 4.78 is 15.2. The van der Waals surface area contributed by atoms with Crippen molar-refractivity contribution in [1.29, 1.82) is 0 Å². The molecule has 30 heavy (non-hydrogen) atoms. The molecule has 1 aliphatic carbocycles. The number of rotatable bonds is 4. The number of hydrazine groups is 1. The van der Waals surface area contributed by atoms with Crippen LogP contribution in [-0.4, -0.2) is 37.9 Å². The zero-order chi connectivity index (χ0) is 20.7. The van der Waals surface area contributed by atoms with Gasteiger partial charge in [0.25, 0.3) is 5.91 Å². The van der Waals surface area contributed by atoms with Gasteiger partial charge < -0.3 is 4.90 Å². The third-order valence-corrected chi connectivity index (χ3v) is 5.50. The molecule has 0 aromatic carbocycles. The summed E-state index contributed by atoms with van der Waals surface area (Å²) in [5, 5.41) is 4.17. The fourth-order valence-electron chi connectivity index (χ4n) is 3.81. The monoisotopic (exact) mass is 409 g/mol. The van der Waals surface area contributed by atoms with Crippen LogP contribution in [0, 0.1) is 11.7 Å². The van der Waals surface area contributed by atoms with Crippen molar-refractivity contribution in [2.45, 2.75) is 31.7 Å². The standard InChI is InChI=1S/C20H20FN7O2/c21-14-8-13(9-22-10-14)16-2-1-6-27(16)17-5-7-28-18(24-17)15(11-23-28)20(30)26-25-19(29)12-3-4-12/h5,7-12,16H,1-4,6H2,(H,25,29)(H,26,30). The molecule has 1 atom stereocenters. The number of fused-ring (bicyclic) bond motifs is 1. The van der Waals surface area contributed by atoms with Crippen molar-refractivity contribution in [2.24, 2.45) is 5.92 Å². The van der Waals surface area contributed by atoms with Gasteiger partial charge in [0.2, 0.25) is 5.91 Å². The minimum absolute atomic E-state index is 0.0108. The van der Waals surface area contributed by atoms with E-state index in [1.807, 2.05) is 6.07 Å². The van der Waals surface area contributed by atoms with Crippen LogP contribution in [0.5, 0.6) is 0 Å². The SMILES string of the molecule is O=C(NNC(=O)C1CC1)c1cnn2ccc(N3CCCC3c3cncc(F)c3)nc12. The van der Waals surface area contributed by atoms with Gasteiger partial charge in [-0.1, -0.05) is 0 Å². The third-order valence-electron chi connectivity index (χ3n) is 5.50. The molecule has 2 amide bonds. The van der Waals surface area contributed by atoms with Crippen molar-refractivity contribution < 1.29 is 14.0 Å². The molecule has 1 saturated carbocycles. The van der Waals surface area contributed by atoms with Crippen LogP contribution in [0.15, 0.2) is 36.9 Å². The number of nitrogens with zero attached hydrogens (tertiary/aromatic N) is 5. The van der Waals surface area contributed by atoms with Gasteiger partial charge in [-0.25, -0.2) is 13.9 Å². The van der Waals surface area contributed by atoms with Crippen molar-refractivity contribution in [1.82, 2.24) is 30.4 Å². The smallest absolute Gasteiger partial charge is 0.275 e. The molecular formula is C20H20FN7O2. The average molecular weight is 409 g/mol. The lowest BCUT2D eigenvalue weighted by Crippen LogP contribution is -2.42. The maximum atomic E-state index is 13.7. The molecule has 9 nitrogen and oxygen atoms in total. The average Bonchev–Trinajstić information content (AvgIpc) is 3.33. The Morgan fingerprint density at radius 3 is 2.80 bits per heavy atom. The van der Waals surface area contributed by atoms with Crippen LogP contribution >= 0.6 is 0 Å². The van der Waals surface area contributed by atoms with Crippen LogP contribution in [0.4, 0.5) is 10.2 Å². The molecule has 2 fully saturated rings. The first-order valence-electron chi connectivity index (χ1n) is 9.92. The number of hydrogen-bond acceptors (Lipinski definition) is 6. The van der Waals surface area contributed by atoms with Gasteiger partial charge in [0.1, 0.15) is 17.2 Å². The summed E-state index contributed by atoms with van der Waals surface area (Å²) in [4.78, 5) is 35.0. The summed E-state index contributed by atoms with van der Waals surface area (Å²) >= 11 is 0. The van der Waals surface area contributed by atoms with Crippen LogP contribution in [0.3, 0.4) is 0 Å². The first kappa shape index (κ1) is 18.5. The van der Waals surface area contributed by atoms with Gasteiger partial charge in [-0.05, 0) is 43.4 Å². The lowest BCUT2D eigenvalue weighted by atomic mass is 10.1. The largest absolute Gasteiger partial charge is 0.349 e. The second kappa shape index (κ2) is 7.36. The molecule has 1 unspecified atom stereocenters. The number of carbonyl (C=O) groups is 2. The maximum absolute atomic E-state index is 13.7. The van der Waals surface area contributed by atoms with E-state index in [0.717, 1.165) is 37.8 Å². The number of anilines is 1. The summed E-state index contributed by atoms with van der Waals surface area (Å²) in [6.07, 6.45) is 9.50. The highest BCUT2D eigenvalue weighted by Crippen LogP contribution is 2.35. The fraction of sp³-hybridized carbons (Fsp3) is 0.350. The Balaban J connectivity index is 1.40. The first-order valence-corrected chi connectivity index (χ1v) is 9.92. The molecule has 0 spiro atoms. The summed E-state index contributed by atoms with van der Waals surface area (Å²) in [5.41, 5.74) is 6.32. The van der Waals surface area contributed by atoms with E-state index in [-0.39, 0.29) is 29.2 Å². The van der Waals surface area contributed by atoms with Crippen LogP contribution in [0.2, 0.25) is 0 Å². The highest BCUT2D eigenvalue weighted by Gasteiger charge is 2.30. The highest BCUT2D eigenvalue weighted by molar-refractivity contribution is 6.00. The molecule has 0 bridgehead atoms. The number of hydrogen-bond donors (Lipinski definition) is 2. The van der Waals surface area contributed by atoms with Gasteiger partial charge in [-0.2, -0.15) is 5.10 Å². The summed E-state index contributed by atoms with van der Waals surface area (Å²) in [7, 11) is 0. The van der Waals surface area contributed by atoms with Gasteiger partial charge in [0, 0.05) is 24.9 Å². The molecule has 2 aliphatic rings. The molecule has 154 valence electrons. The Morgan fingerprint density at radius 2 is 2.00 bits per heavy atom. The number of carbonyl (C=O) groups excluding carboxylic acids is 2. The van der Waals surface area contributed by atoms with Crippen LogP contribution < -0.4 is 15.8 Å². The predicted octanol–water partition coefficient (Wildman–Crippen LogP) is 1.78. The van der Waals surface area contributed by atoms with Crippen LogP contribution in [0.25, 0.3) is 5.65 Å². The summed E-state index contributed by atoms with van der Waals surface area (Å²) in [6, 6.07) is 3.28. The molecule has 1 saturated heterocycles. The third kappa shape index (κ3) is 3.44. The number of pyridine rings is 1. The van der Waals surface area contributed by atoms with Gasteiger partial charge in [-0.3, -0.25) is 25.4 Å². The lowest BCUT2D eigenvalue weighted by Gasteiger charge is -2.26. The Kier molecular flexibility index (Phi) is 4.53. The first-order chi connectivity index (χ1) is 14.6. The quantitative estimate of drug-likeness (QED) is 0.637. The van der Waals surface area contributed by atoms with E-state index in [9.17, 15) is 14.0 Å². The van der Waals surface area contributed by atoms with Gasteiger partial charge >= 0.3 is 0 Å². The molecule has 1 aliphatic heterocycles. The molecule has 10 heteroatoms. The van der Waals surface area contributed by atoms with E-state index in [1.54, 1.807) is 12.4 Å². The summed E-state index contributed by atoms with van der Waals surface area (Å²) in [5.74, 6) is -0.368. The normalized spacial score (nSPS) is 18.6. The van der Waals surface area contributed by atoms with Crippen molar-refractivity contribution >= 4 is 23.3 Å². The van der Waals surface area contributed by atoms with Crippen molar-refractivity contribution in [3.63, 3.8) is 0 Å². The molecule has 2 N–H and O–H groups in total. The minimum atomic E-state index is -0.476. The summed E-state index contributed by atoms with van der Waals surface area (Å²) in [6.45, 7) is 0.761. The van der Waals surface area contributed by atoms with E-state index < -0.39 is 5.91 Å². The Hall–Kier alpha value is -3.56. The van der Waals surface area contributed by atoms with Crippen molar-refractivity contribution in [3.05, 3.63) is 53.9 Å². The zero-order valence-electron chi connectivity index (χ0n) is 16.1. The topological polar surface area (TPSA) is 105 Å². The van der Waals surface area contributed by atoms with E-state index in [1.165, 1.54) is 23.0 Å². The molecule has 3 aromatic rings. The molecule has 0 radical (unpaired) electrons. The molecule has 4 heterocycles. The van der Waals surface area contributed by atoms with E-state index in [4.69, 9.17) is 0 Å². The Labute approximate surface area is 171 Å². The second-order valence-electron chi connectivity index (χ2n) is 7.62. The van der Waals surface area contributed by atoms with E-state index in [0.29, 0.717) is 11.5 Å². The number of aromatic nitrogens is 4. The zero-order valence-corrected chi connectivity index (χ0v) is 16.1. The van der Waals surface area contributed by atoms with Crippen LogP contribution in [0.1, 0.15) is 47.6 Å². The van der Waals surface area contributed by atoms with Gasteiger partial charge in [-0.15, -0.1) is 0 Å². The number of halogens is 1. The predicted molar refractivity (Wildman–Crippen MR) is 105 cm³/mol. The van der Waals surface area contributed by atoms with E-state index >= 15 is 0 Å². The Bertz CT molecular complexity index is 1130. The van der Waals surface area contributed by atoms with E-state index in [2.05, 4.69) is 30.8 Å².